The Labute approximate surface area is 429 Å². The van der Waals surface area contributed by atoms with Gasteiger partial charge in [-0.3, -0.25) is 20.4 Å². The fourth-order valence-electron chi connectivity index (χ4n) is 6.42. The second-order valence-corrected chi connectivity index (χ2v) is 17.9. The minimum atomic E-state index is -0.902. The van der Waals surface area contributed by atoms with E-state index in [9.17, 15) is 19.2 Å². The first-order valence-electron chi connectivity index (χ1n) is 22.6. The van der Waals surface area contributed by atoms with E-state index in [0.717, 1.165) is 38.9 Å². The van der Waals surface area contributed by atoms with E-state index in [1.54, 1.807) is 54.6 Å². The third-order valence-corrected chi connectivity index (χ3v) is 10.6. The summed E-state index contributed by atoms with van der Waals surface area (Å²) in [5.41, 5.74) is 13.0. The summed E-state index contributed by atoms with van der Waals surface area (Å²) in [6.45, 7) is 20.2. The number of carboxylic acid groups (broad SMARTS) is 2. The Bertz CT molecular complexity index is 3150. The second-order valence-electron chi connectivity index (χ2n) is 17.9. The maximum atomic E-state index is 11.1. The Balaban J connectivity index is 0.000000244. The number of carbonyl (C=O) groups is 4. The number of nitrogen functional groups attached to an aromatic ring is 2. The quantitative estimate of drug-likeness (QED) is 0.0322. The molecule has 0 aliphatic carbocycles. The number of benzene rings is 6. The van der Waals surface area contributed by atoms with E-state index in [2.05, 4.69) is 100 Å². The molecular weight excluding hydrogens is 937 g/mol. The molecule has 0 saturated heterocycles. The summed E-state index contributed by atoms with van der Waals surface area (Å²) >= 11 is 0. The molecule has 0 atom stereocenters. The summed E-state index contributed by atoms with van der Waals surface area (Å²) in [7, 11) is 0. The van der Waals surface area contributed by atoms with Crippen LogP contribution in [0.15, 0.2) is 168 Å². The number of nitrogens with zero attached hydrogens (tertiary/aromatic N) is 4. The lowest BCUT2D eigenvalue weighted by Crippen LogP contribution is -2.32. The van der Waals surface area contributed by atoms with Crippen molar-refractivity contribution in [1.82, 2.24) is 31.2 Å². The van der Waals surface area contributed by atoms with Crippen molar-refractivity contribution in [3.8, 4) is 58.7 Å². The smallest absolute Gasteiger partial charge is 0.335 e. The highest BCUT2D eigenvalue weighted by Crippen LogP contribution is 2.31. The number of carbonyl (C=O) groups excluding carboxylic acids is 2. The molecule has 0 bridgehead atoms. The first kappa shape index (κ1) is 57.0. The molecule has 6 aromatic carbocycles. The zero-order chi connectivity index (χ0) is 54.6. The summed E-state index contributed by atoms with van der Waals surface area (Å²) in [6.07, 6.45) is 11.5. The van der Waals surface area contributed by atoms with Crippen LogP contribution in [0.2, 0.25) is 0 Å². The van der Waals surface area contributed by atoms with Crippen molar-refractivity contribution in [2.75, 3.05) is 0 Å². The summed E-state index contributed by atoms with van der Waals surface area (Å²) < 4.78 is 11.9. The predicted molar refractivity (Wildman–Crippen MR) is 288 cm³/mol. The average molecular weight is 995 g/mol. The van der Waals surface area contributed by atoms with E-state index in [0.29, 0.717) is 45.8 Å². The molecule has 8 N–H and O–H groups in total. The normalized spacial score (nSPS) is 10.4. The molecule has 8 aromatic rings. The molecule has 0 spiro atoms. The number of aromatic nitrogens is 4. The second kappa shape index (κ2) is 26.6. The van der Waals surface area contributed by atoms with Crippen molar-refractivity contribution in [3.63, 3.8) is 0 Å². The van der Waals surface area contributed by atoms with Crippen LogP contribution in [-0.4, -0.2) is 54.4 Å². The van der Waals surface area contributed by atoms with Gasteiger partial charge in [-0.1, -0.05) is 128 Å². The number of amides is 2. The van der Waals surface area contributed by atoms with Gasteiger partial charge >= 0.3 is 11.9 Å². The number of hydrogen-bond acceptors (Lipinski definition) is 12. The molecular formula is C58H58N8O8. The van der Waals surface area contributed by atoms with Crippen molar-refractivity contribution in [3.05, 3.63) is 203 Å². The average Bonchev–Trinajstić information content (AvgIpc) is 4.13. The molecule has 8 rings (SSSR count). The third kappa shape index (κ3) is 16.2. The minimum Gasteiger partial charge on any atom is -0.478 e. The summed E-state index contributed by atoms with van der Waals surface area (Å²) in [4.78, 5) is 43.1. The van der Waals surface area contributed by atoms with Crippen LogP contribution >= 0.6 is 0 Å². The van der Waals surface area contributed by atoms with Crippen molar-refractivity contribution < 1.29 is 38.2 Å². The molecule has 0 unspecified atom stereocenters. The van der Waals surface area contributed by atoms with Crippen molar-refractivity contribution in [2.45, 2.75) is 52.4 Å². The number of hydrogen-bond donors (Lipinski definition) is 6. The number of aromatic carboxylic acids is 2. The monoisotopic (exact) mass is 994 g/mol. The lowest BCUT2D eigenvalue weighted by molar-refractivity contribution is 0.0686. The standard InChI is InChI=1S/C28H24N4O2.C11H14O2.C9H8O2.C8H10N4O2.C2H2/c1-5-18-9-11-19(12-10-18)24-29-31-26(33-24)21-7-6-8-22(17-21)27-32-30-25(34-27)20-13-15-23(16-14-20)28(2,3)4;1-11(2,3)9-6-4-8(5-7-9)10(12)13;1-2-7-3-5-8(6-4-7)9(10)11;9-11-7(13)5-2-1-3-6(4-5)8(14)12-10;1-2/h5-17H,1H2,2-4H3;4-7H,1-3H3,(H,12,13);2-6H,1H2,(H,10,11);1-4H,9-10H2,(H,11,13)(H,12,14);1-2H. The molecule has 2 aromatic heterocycles. The van der Waals surface area contributed by atoms with Crippen molar-refractivity contribution >= 4 is 35.9 Å². The van der Waals surface area contributed by atoms with Crippen LogP contribution in [-0.2, 0) is 10.8 Å². The van der Waals surface area contributed by atoms with Gasteiger partial charge in [0.25, 0.3) is 11.8 Å². The lowest BCUT2D eigenvalue weighted by Gasteiger charge is -2.18. The van der Waals surface area contributed by atoms with Crippen LogP contribution in [0.3, 0.4) is 0 Å². The Morgan fingerprint density at radius 2 is 0.784 bits per heavy atom. The van der Waals surface area contributed by atoms with Crippen LogP contribution < -0.4 is 22.5 Å². The molecule has 0 fully saturated rings. The number of rotatable bonds is 10. The van der Waals surface area contributed by atoms with Gasteiger partial charge in [0.05, 0.1) is 11.1 Å². The Morgan fingerprint density at radius 1 is 0.473 bits per heavy atom. The maximum absolute atomic E-state index is 11.1. The molecule has 16 nitrogen and oxygen atoms in total. The highest BCUT2D eigenvalue weighted by molar-refractivity contribution is 5.99. The molecule has 74 heavy (non-hydrogen) atoms. The summed E-state index contributed by atoms with van der Waals surface area (Å²) in [6, 6.07) is 43.2. The number of carboxylic acids is 2. The largest absolute Gasteiger partial charge is 0.478 e. The van der Waals surface area contributed by atoms with Gasteiger partial charge in [-0.25, -0.2) is 21.3 Å². The lowest BCUT2D eigenvalue weighted by atomic mass is 9.87. The van der Waals surface area contributed by atoms with Gasteiger partial charge < -0.3 is 19.0 Å². The van der Waals surface area contributed by atoms with E-state index in [1.807, 2.05) is 83.6 Å². The van der Waals surface area contributed by atoms with Gasteiger partial charge in [0, 0.05) is 33.4 Å². The Hall–Kier alpha value is -9.56. The van der Waals surface area contributed by atoms with E-state index < -0.39 is 23.8 Å². The number of terminal acetylenes is 1. The van der Waals surface area contributed by atoms with Gasteiger partial charge in [0.2, 0.25) is 23.6 Å². The highest BCUT2D eigenvalue weighted by Gasteiger charge is 2.18. The number of hydrazine groups is 2. The molecule has 0 saturated carbocycles. The molecule has 16 heteroatoms. The van der Waals surface area contributed by atoms with Crippen LogP contribution in [0, 0.1) is 12.8 Å². The number of nitrogens with one attached hydrogen (secondary N) is 2. The molecule has 0 radical (unpaired) electrons. The molecule has 2 heterocycles. The maximum Gasteiger partial charge on any atom is 0.335 e. The summed E-state index contributed by atoms with van der Waals surface area (Å²) in [5.74, 6) is 8.95. The van der Waals surface area contributed by atoms with Gasteiger partial charge in [-0.15, -0.1) is 33.2 Å². The van der Waals surface area contributed by atoms with Gasteiger partial charge in [0.1, 0.15) is 0 Å². The first-order chi connectivity index (χ1) is 35.2. The first-order valence-corrected chi connectivity index (χ1v) is 22.6. The summed E-state index contributed by atoms with van der Waals surface area (Å²) in [5, 5.41) is 34.1. The molecule has 0 aliphatic heterocycles. The van der Waals surface area contributed by atoms with Crippen LogP contribution in [0.25, 0.3) is 58.0 Å². The predicted octanol–water partition coefficient (Wildman–Crippen LogP) is 10.9. The fourth-order valence-corrected chi connectivity index (χ4v) is 6.42. The Morgan fingerprint density at radius 3 is 1.12 bits per heavy atom. The van der Waals surface area contributed by atoms with Crippen molar-refractivity contribution in [1.29, 1.82) is 0 Å². The minimum absolute atomic E-state index is 0.0804. The third-order valence-electron chi connectivity index (χ3n) is 10.6. The van der Waals surface area contributed by atoms with Gasteiger partial charge in [0.15, 0.2) is 0 Å². The fraction of sp³-hybridized carbons (Fsp3) is 0.138. The van der Waals surface area contributed by atoms with Crippen molar-refractivity contribution in [2.24, 2.45) is 11.7 Å². The highest BCUT2D eigenvalue weighted by atomic mass is 16.4. The SMILES string of the molecule is C#C.C=Cc1ccc(-c2nnc(-c3cccc(-c4nnc(-c5ccc(C(C)(C)C)cc5)o4)c3)o2)cc1.C=Cc1ccc(C(=O)O)cc1.CC(C)(C)c1ccc(C(=O)O)cc1.NNC(=O)c1cccc(C(=O)NN)c1. The van der Waals surface area contributed by atoms with Crippen LogP contribution in [0.1, 0.15) is 105 Å². The zero-order valence-corrected chi connectivity index (χ0v) is 41.9. The van der Waals surface area contributed by atoms with Gasteiger partial charge in [-0.05, 0) is 118 Å². The molecule has 378 valence electrons. The van der Waals surface area contributed by atoms with E-state index in [-0.39, 0.29) is 10.8 Å². The zero-order valence-electron chi connectivity index (χ0n) is 41.9. The van der Waals surface area contributed by atoms with E-state index in [4.69, 9.17) is 30.7 Å². The van der Waals surface area contributed by atoms with E-state index >= 15 is 0 Å². The van der Waals surface area contributed by atoms with Crippen LogP contribution in [0.4, 0.5) is 0 Å². The molecule has 0 aliphatic rings. The van der Waals surface area contributed by atoms with E-state index in [1.165, 1.54) is 23.8 Å². The Kier molecular flexibility index (Phi) is 20.5. The van der Waals surface area contributed by atoms with Crippen LogP contribution in [0.5, 0.6) is 0 Å². The number of nitrogens with two attached hydrogens (primary N) is 2. The van der Waals surface area contributed by atoms with Gasteiger partial charge in [-0.2, -0.15) is 0 Å². The topological polar surface area (TPSA) is 263 Å². The molecule has 2 amide bonds.